The lowest BCUT2D eigenvalue weighted by atomic mass is 10.0. The van der Waals surface area contributed by atoms with E-state index in [1.807, 2.05) is 6.92 Å². The first-order valence-corrected chi connectivity index (χ1v) is 8.81. The number of piperidine rings is 1. The van der Waals surface area contributed by atoms with Crippen LogP contribution in [0.15, 0.2) is 12.7 Å². The third kappa shape index (κ3) is 3.69. The van der Waals surface area contributed by atoms with Gasteiger partial charge in [0, 0.05) is 6.54 Å². The minimum Gasteiger partial charge on any atom is -0.346 e. The lowest BCUT2D eigenvalue weighted by Crippen LogP contribution is -2.53. The van der Waals surface area contributed by atoms with Crippen molar-refractivity contribution in [3.8, 4) is 0 Å². The molecule has 6 heteroatoms. The molecule has 1 aliphatic heterocycles. The normalized spacial score (nSPS) is 27.7. The van der Waals surface area contributed by atoms with Gasteiger partial charge in [0.25, 0.3) is 5.91 Å². The van der Waals surface area contributed by atoms with Crippen LogP contribution in [-0.4, -0.2) is 42.8 Å². The smallest absolute Gasteiger partial charge is 0.289 e. The maximum atomic E-state index is 12.6. The van der Waals surface area contributed by atoms with Crippen LogP contribution in [0.25, 0.3) is 0 Å². The SMILES string of the molecule is C=CCNC(=O)C(=O)C(CCCC)NC(=O)[C@H]1NCC2[C@@H]1C2(C)C. The maximum absolute atomic E-state index is 12.6. The molecular weight excluding hydrogens is 306 g/mol. The summed E-state index contributed by atoms with van der Waals surface area (Å²) in [5.41, 5.74) is 0.178. The second-order valence-electron chi connectivity index (χ2n) is 7.41. The lowest BCUT2D eigenvalue weighted by Gasteiger charge is -2.22. The number of carbonyl (C=O) groups excluding carboxylic acids is 3. The van der Waals surface area contributed by atoms with Crippen LogP contribution in [0.1, 0.15) is 40.0 Å². The second kappa shape index (κ2) is 7.47. The topological polar surface area (TPSA) is 87.3 Å². The fraction of sp³-hybridized carbons (Fsp3) is 0.722. The Balaban J connectivity index is 1.97. The van der Waals surface area contributed by atoms with Crippen molar-refractivity contribution in [2.45, 2.75) is 52.1 Å². The molecule has 1 heterocycles. The zero-order chi connectivity index (χ0) is 17.9. The van der Waals surface area contributed by atoms with Crippen molar-refractivity contribution in [2.75, 3.05) is 13.1 Å². The van der Waals surface area contributed by atoms with E-state index in [0.29, 0.717) is 18.3 Å². The van der Waals surface area contributed by atoms with Crippen LogP contribution in [-0.2, 0) is 14.4 Å². The van der Waals surface area contributed by atoms with E-state index in [9.17, 15) is 14.4 Å². The molecule has 2 amide bonds. The van der Waals surface area contributed by atoms with Crippen molar-refractivity contribution in [3.63, 3.8) is 0 Å². The molecule has 1 aliphatic carbocycles. The van der Waals surface area contributed by atoms with Crippen LogP contribution in [0.4, 0.5) is 0 Å². The predicted molar refractivity (Wildman–Crippen MR) is 92.2 cm³/mol. The number of hydrogen-bond donors (Lipinski definition) is 3. The summed E-state index contributed by atoms with van der Waals surface area (Å²) in [7, 11) is 0. The van der Waals surface area contributed by atoms with E-state index < -0.39 is 17.7 Å². The molecule has 4 atom stereocenters. The number of carbonyl (C=O) groups is 3. The molecule has 1 saturated carbocycles. The highest BCUT2D eigenvalue weighted by molar-refractivity contribution is 6.38. The van der Waals surface area contributed by atoms with Gasteiger partial charge in [0.15, 0.2) is 0 Å². The van der Waals surface area contributed by atoms with E-state index in [1.54, 1.807) is 0 Å². The van der Waals surface area contributed by atoms with Gasteiger partial charge in [-0.2, -0.15) is 0 Å². The van der Waals surface area contributed by atoms with Gasteiger partial charge in [-0.25, -0.2) is 0 Å². The van der Waals surface area contributed by atoms with Gasteiger partial charge in [0.1, 0.15) is 0 Å². The molecular formula is C18H29N3O3. The van der Waals surface area contributed by atoms with Gasteiger partial charge >= 0.3 is 0 Å². The number of nitrogens with one attached hydrogen (secondary N) is 3. The highest BCUT2D eigenvalue weighted by Gasteiger charge is 2.65. The van der Waals surface area contributed by atoms with Crippen molar-refractivity contribution < 1.29 is 14.4 Å². The minimum absolute atomic E-state index is 0.168. The summed E-state index contributed by atoms with van der Waals surface area (Å²) in [6.07, 6.45) is 3.67. The first kappa shape index (κ1) is 18.6. The number of rotatable bonds is 9. The summed E-state index contributed by atoms with van der Waals surface area (Å²) in [4.78, 5) is 36.9. The van der Waals surface area contributed by atoms with Gasteiger partial charge in [0.05, 0.1) is 12.1 Å². The molecule has 2 rings (SSSR count). The van der Waals surface area contributed by atoms with E-state index in [2.05, 4.69) is 36.4 Å². The molecule has 1 saturated heterocycles. The van der Waals surface area contributed by atoms with Crippen LogP contribution >= 0.6 is 0 Å². The molecule has 24 heavy (non-hydrogen) atoms. The summed E-state index contributed by atoms with van der Waals surface area (Å²) in [6, 6.07) is -1.02. The molecule has 2 aliphatic rings. The van der Waals surface area contributed by atoms with Crippen LogP contribution in [0.2, 0.25) is 0 Å². The summed E-state index contributed by atoms with van der Waals surface area (Å²) < 4.78 is 0. The molecule has 0 aromatic heterocycles. The minimum atomic E-state index is -0.759. The van der Waals surface area contributed by atoms with E-state index in [1.165, 1.54) is 6.08 Å². The Labute approximate surface area is 143 Å². The largest absolute Gasteiger partial charge is 0.346 e. The number of Topliss-reactive ketones (excluding diaryl/α,β-unsaturated/α-hetero) is 1. The molecule has 3 N–H and O–H groups in total. The molecule has 2 fully saturated rings. The van der Waals surface area contributed by atoms with Gasteiger partial charge in [-0.15, -0.1) is 6.58 Å². The third-order valence-electron chi connectivity index (χ3n) is 5.45. The summed E-state index contributed by atoms with van der Waals surface area (Å²) >= 11 is 0. The zero-order valence-corrected chi connectivity index (χ0v) is 14.9. The van der Waals surface area contributed by atoms with Crippen LogP contribution in [0.3, 0.4) is 0 Å². The van der Waals surface area contributed by atoms with Crippen molar-refractivity contribution in [2.24, 2.45) is 17.3 Å². The second-order valence-corrected chi connectivity index (χ2v) is 7.41. The highest BCUT2D eigenvalue weighted by Crippen LogP contribution is 2.62. The standard InChI is InChI=1S/C18H29N3O3/c1-5-7-8-12(15(22)17(24)19-9-6-2)21-16(23)14-13-11(10-20-14)18(13,3)4/h6,11-14,20H,2,5,7-10H2,1,3-4H3,(H,19,24)(H,21,23)/t11?,12?,13-,14-/m0/s1. The van der Waals surface area contributed by atoms with Gasteiger partial charge in [-0.3, -0.25) is 14.4 Å². The molecule has 0 aromatic carbocycles. The van der Waals surface area contributed by atoms with Crippen LogP contribution < -0.4 is 16.0 Å². The lowest BCUT2D eigenvalue weighted by molar-refractivity contribution is -0.140. The fourth-order valence-electron chi connectivity index (χ4n) is 3.82. The van der Waals surface area contributed by atoms with Crippen molar-refractivity contribution in [1.29, 1.82) is 0 Å². The Bertz CT molecular complexity index is 530. The Morgan fingerprint density at radius 2 is 2.08 bits per heavy atom. The zero-order valence-electron chi connectivity index (χ0n) is 14.9. The quantitative estimate of drug-likeness (QED) is 0.429. The third-order valence-corrected chi connectivity index (χ3v) is 5.45. The van der Waals surface area contributed by atoms with E-state index in [-0.39, 0.29) is 23.9 Å². The Morgan fingerprint density at radius 3 is 2.62 bits per heavy atom. The Morgan fingerprint density at radius 1 is 1.38 bits per heavy atom. The highest BCUT2D eigenvalue weighted by atomic mass is 16.2. The van der Waals surface area contributed by atoms with E-state index in [4.69, 9.17) is 0 Å². The van der Waals surface area contributed by atoms with E-state index >= 15 is 0 Å². The van der Waals surface area contributed by atoms with Gasteiger partial charge in [-0.1, -0.05) is 39.7 Å². The van der Waals surface area contributed by atoms with Crippen molar-refractivity contribution in [3.05, 3.63) is 12.7 Å². The number of amides is 2. The fourth-order valence-corrected chi connectivity index (χ4v) is 3.82. The average Bonchev–Trinajstić information content (AvgIpc) is 2.92. The molecule has 0 spiro atoms. The van der Waals surface area contributed by atoms with E-state index in [0.717, 1.165) is 19.4 Å². The number of unbranched alkanes of at least 4 members (excludes halogenated alkanes) is 1. The molecule has 0 bridgehead atoms. The number of fused-ring (bicyclic) bond motifs is 1. The maximum Gasteiger partial charge on any atom is 0.289 e. The average molecular weight is 335 g/mol. The number of hydrogen-bond acceptors (Lipinski definition) is 4. The Kier molecular flexibility index (Phi) is 5.80. The van der Waals surface area contributed by atoms with Crippen LogP contribution in [0, 0.1) is 17.3 Å². The van der Waals surface area contributed by atoms with Crippen molar-refractivity contribution in [1.82, 2.24) is 16.0 Å². The van der Waals surface area contributed by atoms with Crippen molar-refractivity contribution >= 4 is 17.6 Å². The van der Waals surface area contributed by atoms with Gasteiger partial charge in [0.2, 0.25) is 11.7 Å². The predicted octanol–water partition coefficient (Wildman–Crippen LogP) is 0.777. The van der Waals surface area contributed by atoms with Gasteiger partial charge in [-0.05, 0) is 30.2 Å². The molecule has 6 nitrogen and oxygen atoms in total. The monoisotopic (exact) mass is 335 g/mol. The summed E-state index contributed by atoms with van der Waals surface area (Å²) in [5, 5.41) is 8.53. The summed E-state index contributed by atoms with van der Waals surface area (Å²) in [5.74, 6) is -0.578. The molecule has 0 aromatic rings. The first-order chi connectivity index (χ1) is 11.3. The molecule has 134 valence electrons. The molecule has 0 radical (unpaired) electrons. The first-order valence-electron chi connectivity index (χ1n) is 8.81. The molecule has 2 unspecified atom stereocenters. The Hall–Kier alpha value is -1.69. The van der Waals surface area contributed by atoms with Crippen LogP contribution in [0.5, 0.6) is 0 Å². The summed E-state index contributed by atoms with van der Waals surface area (Å²) in [6.45, 7) is 10.9. The number of ketones is 1. The van der Waals surface area contributed by atoms with Gasteiger partial charge < -0.3 is 16.0 Å².